The molecule has 414 valence electrons. The summed E-state index contributed by atoms with van der Waals surface area (Å²) >= 11 is 1.86. The second-order valence-electron chi connectivity index (χ2n) is 17.3. The third kappa shape index (κ3) is 22.2. The number of hydrogen-bond donors (Lipinski definition) is 8. The van der Waals surface area contributed by atoms with Gasteiger partial charge in [-0.05, 0) is 51.4 Å². The molecule has 2 saturated heterocycles. The fraction of sp³-hybridized carbons (Fsp3) is 0.622. The molecule has 0 spiro atoms. The first-order valence-electron chi connectivity index (χ1n) is 24.5. The Kier molecular flexibility index (Phi) is 26.6. The van der Waals surface area contributed by atoms with E-state index in [1.54, 1.807) is 0 Å². The number of carbonyl (C=O) groups excluding carboxylic acids is 5. The van der Waals surface area contributed by atoms with E-state index in [0.29, 0.717) is 64.1 Å². The number of benzene rings is 2. The van der Waals surface area contributed by atoms with E-state index in [4.69, 9.17) is 24.7 Å². The van der Waals surface area contributed by atoms with Crippen molar-refractivity contribution in [2.75, 3.05) is 88.9 Å². The number of ether oxygens (including phenoxy) is 4. The third-order valence-corrected chi connectivity index (χ3v) is 13.3. The molecule has 4 rings (SSSR count). The van der Waals surface area contributed by atoms with E-state index in [0.717, 1.165) is 61.4 Å². The van der Waals surface area contributed by atoms with Crippen molar-refractivity contribution in [2.45, 2.75) is 100 Å². The van der Waals surface area contributed by atoms with Crippen LogP contribution < -0.4 is 43.0 Å². The van der Waals surface area contributed by atoms with Gasteiger partial charge >= 0.3 is 6.03 Å². The Balaban J connectivity index is 1.04. The van der Waals surface area contributed by atoms with E-state index in [9.17, 15) is 64.4 Å². The van der Waals surface area contributed by atoms with Crippen molar-refractivity contribution in [1.82, 2.24) is 26.6 Å². The molecule has 0 bridgehead atoms. The van der Waals surface area contributed by atoms with Crippen LogP contribution in [0.15, 0.2) is 36.4 Å². The number of carbonyl (C=O) groups is 5. The van der Waals surface area contributed by atoms with Gasteiger partial charge in [-0.2, -0.15) is 11.8 Å². The third-order valence-electron chi connectivity index (χ3n) is 11.8. The number of rotatable bonds is 40. The van der Waals surface area contributed by atoms with Crippen LogP contribution in [0.3, 0.4) is 0 Å². The highest BCUT2D eigenvalue weighted by atomic mass is 32.2. The number of thioether (sulfide) groups is 1. The molecule has 6 amide bonds. The van der Waals surface area contributed by atoms with Gasteiger partial charge in [-0.25, -0.2) is 4.79 Å². The molecule has 0 aliphatic carbocycles. The van der Waals surface area contributed by atoms with Crippen molar-refractivity contribution in [2.24, 2.45) is 5.73 Å². The monoisotopic (exact) mass is 1080 g/mol. The van der Waals surface area contributed by atoms with E-state index in [-0.39, 0.29) is 106 Å². The molecule has 0 radical (unpaired) electrons. The number of hydrogen-bond acceptors (Lipinski definition) is 20. The summed E-state index contributed by atoms with van der Waals surface area (Å²) < 4.78 is 21.9. The SMILES string of the molecule is NC(=O)C(CCCCNC(=O)C(CCCCNc1cc([N+](=O)[O-])ccc1[N+](=O)[O-])Nc1cc([N+](=O)[O-])ccc1[N+](=O)[O-])NC(=O)CCOCCOCCOCCOCCNC(=O)CCCCC1SC[C@H]2NC(=O)N[C@@H]12. The van der Waals surface area contributed by atoms with Crippen molar-refractivity contribution < 1.29 is 62.6 Å². The van der Waals surface area contributed by atoms with Crippen LogP contribution in [-0.2, 0) is 38.1 Å². The zero-order chi connectivity index (χ0) is 54.5. The van der Waals surface area contributed by atoms with Crippen LogP contribution in [0.5, 0.6) is 0 Å². The number of anilines is 2. The molecular weight excluding hydrogens is 1010 g/mol. The summed E-state index contributed by atoms with van der Waals surface area (Å²) in [7, 11) is 0. The van der Waals surface area contributed by atoms with Crippen molar-refractivity contribution in [1.29, 1.82) is 0 Å². The van der Waals surface area contributed by atoms with E-state index < -0.39 is 66.6 Å². The summed E-state index contributed by atoms with van der Waals surface area (Å²) in [5.74, 6) is -0.972. The fourth-order valence-electron chi connectivity index (χ4n) is 7.92. The minimum Gasteiger partial charge on any atom is -0.379 e. The minimum atomic E-state index is -1.16. The number of urea groups is 1. The molecule has 0 saturated carbocycles. The maximum Gasteiger partial charge on any atom is 0.315 e. The van der Waals surface area contributed by atoms with Crippen molar-refractivity contribution in [3.63, 3.8) is 0 Å². The van der Waals surface area contributed by atoms with E-state index in [1.807, 2.05) is 11.8 Å². The van der Waals surface area contributed by atoms with Crippen LogP contribution in [0.4, 0.5) is 38.9 Å². The number of amides is 6. The smallest absolute Gasteiger partial charge is 0.315 e. The highest BCUT2D eigenvalue weighted by Gasteiger charge is 2.42. The topological polar surface area (TPSA) is 405 Å². The first-order chi connectivity index (χ1) is 36.0. The standard InChI is InChI=1S/C45H66N12O17S/c46-43(60)32(51-41(59)15-19-71-21-23-73-25-26-74-24-22-72-20-18-48-40(58)10-2-1-9-39-42-36(29-75-39)52-45(62)53-42)7-3-6-17-49-44(61)33(50-35-28-31(55(65)66)12-14-38(35)57(69)70)8-4-5-16-47-34-27-30(54(63)64)11-13-37(34)56(67)68/h11-14,27-28,32-33,36,39,42,47,50H,1-10,15-26,29H2,(H2,46,60)(H,48,58)(H,49,61)(H,51,59)(H2,52,53,62)/t32?,33?,36-,39?,42-/m1/s1. The molecule has 2 fully saturated rings. The molecule has 2 aromatic carbocycles. The molecule has 9 N–H and O–H groups in total. The number of nitrogens with one attached hydrogen (secondary N) is 7. The fourth-order valence-corrected chi connectivity index (χ4v) is 9.46. The molecule has 2 heterocycles. The summed E-state index contributed by atoms with van der Waals surface area (Å²) in [5.41, 5.74) is 3.40. The summed E-state index contributed by atoms with van der Waals surface area (Å²) in [6.45, 7) is 2.75. The number of nitrogens with two attached hydrogens (primary N) is 1. The molecule has 30 heteroatoms. The molecule has 3 unspecified atom stereocenters. The maximum atomic E-state index is 13.5. The van der Waals surface area contributed by atoms with Gasteiger partial charge in [0.25, 0.3) is 22.7 Å². The number of non-ortho nitro benzene ring substituents is 2. The van der Waals surface area contributed by atoms with Gasteiger partial charge in [-0.1, -0.05) is 6.42 Å². The van der Waals surface area contributed by atoms with Gasteiger partial charge in [0.05, 0.1) is 84.6 Å². The first kappa shape index (κ1) is 60.5. The first-order valence-corrected chi connectivity index (χ1v) is 25.6. The Morgan fingerprint density at radius 1 is 0.640 bits per heavy atom. The second-order valence-corrected chi connectivity index (χ2v) is 18.5. The predicted octanol–water partition coefficient (Wildman–Crippen LogP) is 2.94. The lowest BCUT2D eigenvalue weighted by Crippen LogP contribution is -2.44. The lowest BCUT2D eigenvalue weighted by Gasteiger charge is -2.20. The van der Waals surface area contributed by atoms with Crippen LogP contribution >= 0.6 is 11.8 Å². The largest absolute Gasteiger partial charge is 0.379 e. The number of nitro groups is 4. The van der Waals surface area contributed by atoms with Gasteiger partial charge in [-0.15, -0.1) is 0 Å². The predicted molar refractivity (Wildman–Crippen MR) is 272 cm³/mol. The Labute approximate surface area is 435 Å². The van der Waals surface area contributed by atoms with Crippen LogP contribution in [0.25, 0.3) is 0 Å². The Hall–Kier alpha value is -7.02. The van der Waals surface area contributed by atoms with E-state index in [2.05, 4.69) is 37.2 Å². The molecule has 2 aliphatic heterocycles. The van der Waals surface area contributed by atoms with Gasteiger partial charge in [0, 0.05) is 79.9 Å². The Bertz CT molecular complexity index is 2270. The average molecular weight is 1080 g/mol. The number of fused-ring (bicyclic) bond motifs is 1. The van der Waals surface area contributed by atoms with Crippen molar-refractivity contribution in [3.8, 4) is 0 Å². The van der Waals surface area contributed by atoms with Crippen LogP contribution in [0.2, 0.25) is 0 Å². The summed E-state index contributed by atoms with van der Waals surface area (Å²) in [6.07, 6.45) is 4.37. The molecule has 29 nitrogen and oxygen atoms in total. The van der Waals surface area contributed by atoms with Crippen LogP contribution in [0, 0.1) is 40.5 Å². The quantitative estimate of drug-likeness (QED) is 0.0206. The van der Waals surface area contributed by atoms with Gasteiger partial charge in [0.1, 0.15) is 23.5 Å². The van der Waals surface area contributed by atoms with Crippen LogP contribution in [-0.4, -0.2) is 157 Å². The number of unbranched alkanes of at least 4 members (excludes halogenated alkanes) is 3. The van der Waals surface area contributed by atoms with Crippen LogP contribution in [0.1, 0.15) is 70.6 Å². The molecule has 2 aromatic rings. The molecule has 2 aliphatic rings. The maximum absolute atomic E-state index is 13.5. The summed E-state index contributed by atoms with van der Waals surface area (Å²) in [4.78, 5) is 105. The zero-order valence-electron chi connectivity index (χ0n) is 41.3. The highest BCUT2D eigenvalue weighted by molar-refractivity contribution is 8.00. The lowest BCUT2D eigenvalue weighted by molar-refractivity contribution is -0.388. The number of nitrogens with zero attached hydrogens (tertiary/aromatic N) is 4. The minimum absolute atomic E-state index is 0.0219. The average Bonchev–Trinajstić information content (AvgIpc) is 3.93. The van der Waals surface area contributed by atoms with Gasteiger partial charge in [-0.3, -0.25) is 59.6 Å². The van der Waals surface area contributed by atoms with Crippen molar-refractivity contribution >= 4 is 75.5 Å². The van der Waals surface area contributed by atoms with E-state index in [1.165, 1.54) is 0 Å². The zero-order valence-corrected chi connectivity index (χ0v) is 42.1. The second kappa shape index (κ2) is 33.0. The van der Waals surface area contributed by atoms with E-state index >= 15 is 0 Å². The Morgan fingerprint density at radius 2 is 1.21 bits per heavy atom. The highest BCUT2D eigenvalue weighted by Crippen LogP contribution is 2.34. The number of primary amides is 1. The normalized spacial score (nSPS) is 16.4. The Morgan fingerprint density at radius 3 is 1.83 bits per heavy atom. The molecule has 5 atom stereocenters. The lowest BCUT2D eigenvalue weighted by atomic mass is 10.0. The molecule has 75 heavy (non-hydrogen) atoms. The summed E-state index contributed by atoms with van der Waals surface area (Å²) in [6, 6.07) is 3.93. The molecule has 0 aromatic heterocycles. The van der Waals surface area contributed by atoms with Crippen molar-refractivity contribution in [3.05, 3.63) is 76.9 Å². The van der Waals surface area contributed by atoms with Gasteiger partial charge in [0.15, 0.2) is 0 Å². The molecular formula is C45H66N12O17S. The van der Waals surface area contributed by atoms with Gasteiger partial charge < -0.3 is 61.9 Å². The van der Waals surface area contributed by atoms with Gasteiger partial charge in [0.2, 0.25) is 23.6 Å². The number of nitro benzene ring substituents is 4. The summed E-state index contributed by atoms with van der Waals surface area (Å²) in [5, 5.41) is 65.8.